The summed E-state index contributed by atoms with van der Waals surface area (Å²) in [6, 6.07) is 16.5. The maximum atomic E-state index is 13.5. The van der Waals surface area contributed by atoms with Crippen molar-refractivity contribution in [2.75, 3.05) is 37.9 Å². The largest absolute Gasteiger partial charge is 0.493 e. The Bertz CT molecular complexity index is 1490. The number of benzene rings is 3. The summed E-state index contributed by atoms with van der Waals surface area (Å²) in [5.41, 5.74) is 3.50. The van der Waals surface area contributed by atoms with Crippen LogP contribution in [0.1, 0.15) is 44.3 Å². The van der Waals surface area contributed by atoms with Crippen LogP contribution in [-0.2, 0) is 11.3 Å². The first-order valence-corrected chi connectivity index (χ1v) is 12.7. The quantitative estimate of drug-likeness (QED) is 0.321. The Kier molecular flexibility index (Phi) is 7.54. The molecule has 0 fully saturated rings. The van der Waals surface area contributed by atoms with E-state index in [0.29, 0.717) is 39.8 Å². The van der Waals surface area contributed by atoms with E-state index in [1.807, 2.05) is 0 Å². The molecule has 0 bridgehead atoms. The number of methoxy groups -OCH3 is 2. The Hall–Kier alpha value is -5.06. The molecule has 206 valence electrons. The molecule has 3 aromatic rings. The summed E-state index contributed by atoms with van der Waals surface area (Å²) in [5.74, 6) is -0.0265. The second kappa shape index (κ2) is 11.4. The number of carbonyl (C=O) groups excluding carboxylic acids is 2. The van der Waals surface area contributed by atoms with Crippen LogP contribution < -0.4 is 25.4 Å². The van der Waals surface area contributed by atoms with Crippen LogP contribution >= 0.6 is 0 Å². The van der Waals surface area contributed by atoms with Gasteiger partial charge < -0.3 is 35.4 Å². The summed E-state index contributed by atoms with van der Waals surface area (Å²) in [6.45, 7) is 1.75. The van der Waals surface area contributed by atoms with Crippen LogP contribution in [0.4, 0.5) is 11.4 Å². The van der Waals surface area contributed by atoms with Gasteiger partial charge in [-0.3, -0.25) is 19.4 Å². The van der Waals surface area contributed by atoms with Gasteiger partial charge in [0.05, 0.1) is 33.2 Å². The number of aliphatic imine (C=N–C) groups is 1. The molecule has 40 heavy (non-hydrogen) atoms. The number of anilines is 2. The van der Waals surface area contributed by atoms with Crippen LogP contribution in [0.25, 0.3) is 0 Å². The van der Waals surface area contributed by atoms with E-state index in [9.17, 15) is 19.5 Å². The monoisotopic (exact) mass is 543 g/mol. The van der Waals surface area contributed by atoms with Gasteiger partial charge in [0.1, 0.15) is 0 Å². The minimum Gasteiger partial charge on any atom is -0.493 e. The number of ether oxygens (including phenoxy) is 2. The number of nitrogens with zero attached hydrogens (tertiary/aromatic N) is 2. The van der Waals surface area contributed by atoms with Crippen molar-refractivity contribution in [3.05, 3.63) is 82.9 Å². The van der Waals surface area contributed by atoms with Crippen LogP contribution in [0, 0.1) is 0 Å². The molecule has 2 amide bonds. The molecule has 1 unspecified atom stereocenters. The van der Waals surface area contributed by atoms with Crippen molar-refractivity contribution in [2.24, 2.45) is 4.99 Å². The average Bonchev–Trinajstić information content (AvgIpc) is 3.59. The molecule has 11 nitrogen and oxygen atoms in total. The van der Waals surface area contributed by atoms with Gasteiger partial charge in [-0.05, 0) is 59.7 Å². The summed E-state index contributed by atoms with van der Waals surface area (Å²) < 4.78 is 10.7. The van der Waals surface area contributed by atoms with Crippen LogP contribution in [0.3, 0.4) is 0 Å². The maximum absolute atomic E-state index is 13.5. The third-order valence-corrected chi connectivity index (χ3v) is 6.82. The Balaban J connectivity index is 1.32. The normalized spacial score (nSPS) is 14.6. The zero-order chi connectivity index (χ0) is 28.2. The van der Waals surface area contributed by atoms with E-state index in [0.717, 1.165) is 24.3 Å². The highest BCUT2D eigenvalue weighted by molar-refractivity contribution is 6.06. The van der Waals surface area contributed by atoms with Gasteiger partial charge in [-0.15, -0.1) is 0 Å². The van der Waals surface area contributed by atoms with Gasteiger partial charge in [-0.2, -0.15) is 0 Å². The minimum atomic E-state index is -1.04. The Morgan fingerprint density at radius 2 is 1.77 bits per heavy atom. The zero-order valence-electron chi connectivity index (χ0n) is 22.1. The molecule has 0 saturated carbocycles. The first-order valence-electron chi connectivity index (χ1n) is 12.7. The SMILES string of the molecule is COc1ccc(C(CC(=O)O)N2Cc3ccc(NC(=O)c4ccc(NC5=NCCN5)cc4)cc3C2=O)cc1OC. The number of carboxylic acids is 1. The number of fused-ring (bicyclic) bond motifs is 1. The summed E-state index contributed by atoms with van der Waals surface area (Å²) >= 11 is 0. The highest BCUT2D eigenvalue weighted by Gasteiger charge is 2.35. The molecular formula is C29H29N5O6. The molecule has 4 N–H and O–H groups in total. The topological polar surface area (TPSA) is 142 Å². The Labute approximate surface area is 230 Å². The van der Waals surface area contributed by atoms with Crippen molar-refractivity contribution in [1.82, 2.24) is 10.2 Å². The van der Waals surface area contributed by atoms with Crippen LogP contribution in [0.5, 0.6) is 11.5 Å². The summed E-state index contributed by atoms with van der Waals surface area (Å²) in [5, 5.41) is 18.7. The predicted octanol–water partition coefficient (Wildman–Crippen LogP) is 3.50. The molecule has 0 spiro atoms. The van der Waals surface area contributed by atoms with Gasteiger partial charge in [-0.25, -0.2) is 0 Å². The summed E-state index contributed by atoms with van der Waals surface area (Å²) in [7, 11) is 3.01. The van der Waals surface area contributed by atoms with E-state index in [1.165, 1.54) is 19.1 Å². The van der Waals surface area contributed by atoms with E-state index < -0.39 is 12.0 Å². The Morgan fingerprint density at radius 3 is 2.45 bits per heavy atom. The second-order valence-electron chi connectivity index (χ2n) is 9.35. The van der Waals surface area contributed by atoms with Crippen molar-refractivity contribution < 1.29 is 29.0 Å². The third kappa shape index (κ3) is 5.53. The number of hydrogen-bond donors (Lipinski definition) is 4. The number of hydrogen-bond acceptors (Lipinski definition) is 8. The lowest BCUT2D eigenvalue weighted by atomic mass is 10.0. The van der Waals surface area contributed by atoms with Gasteiger partial charge in [0.2, 0.25) is 0 Å². The maximum Gasteiger partial charge on any atom is 0.305 e. The first-order chi connectivity index (χ1) is 19.4. The van der Waals surface area contributed by atoms with Crippen LogP contribution in [0.2, 0.25) is 0 Å². The van der Waals surface area contributed by atoms with Crippen molar-refractivity contribution in [2.45, 2.75) is 19.0 Å². The van der Waals surface area contributed by atoms with E-state index >= 15 is 0 Å². The standard InChI is InChI=1S/C29H29N5O6/c1-39-24-10-6-18(13-25(24)40-2)23(15-26(35)36)34-16-19-5-9-21(14-22(19)28(34)38)32-27(37)17-3-7-20(8-4-17)33-29-30-11-12-31-29/h3-10,13-14,23H,11-12,15-16H2,1-2H3,(H,32,37)(H,35,36)(H2,30,31,33). The fourth-order valence-electron chi connectivity index (χ4n) is 4.81. The average molecular weight is 544 g/mol. The van der Waals surface area contributed by atoms with Gasteiger partial charge in [-0.1, -0.05) is 12.1 Å². The van der Waals surface area contributed by atoms with E-state index in [4.69, 9.17) is 9.47 Å². The number of carbonyl (C=O) groups is 3. The predicted molar refractivity (Wildman–Crippen MR) is 149 cm³/mol. The van der Waals surface area contributed by atoms with Crippen LogP contribution in [0.15, 0.2) is 65.7 Å². The molecule has 2 aliphatic rings. The lowest BCUT2D eigenvalue weighted by Crippen LogP contribution is -2.31. The van der Waals surface area contributed by atoms with E-state index in [2.05, 4.69) is 20.9 Å². The van der Waals surface area contributed by atoms with Gasteiger partial charge >= 0.3 is 5.97 Å². The molecular weight excluding hydrogens is 514 g/mol. The molecule has 3 aromatic carbocycles. The molecule has 0 radical (unpaired) electrons. The molecule has 0 saturated heterocycles. The van der Waals surface area contributed by atoms with Crippen LogP contribution in [-0.4, -0.2) is 61.1 Å². The Morgan fingerprint density at radius 1 is 1.02 bits per heavy atom. The molecule has 0 aliphatic carbocycles. The fourth-order valence-corrected chi connectivity index (χ4v) is 4.81. The number of aliphatic carboxylic acids is 1. The van der Waals surface area contributed by atoms with Gasteiger partial charge in [0.15, 0.2) is 17.5 Å². The molecule has 5 rings (SSSR count). The van der Waals surface area contributed by atoms with Gasteiger partial charge in [0.25, 0.3) is 11.8 Å². The lowest BCUT2D eigenvalue weighted by molar-refractivity contribution is -0.138. The highest BCUT2D eigenvalue weighted by Crippen LogP contribution is 2.38. The summed E-state index contributed by atoms with van der Waals surface area (Å²) in [6.07, 6.45) is -0.285. The van der Waals surface area contributed by atoms with Crippen molar-refractivity contribution in [3.8, 4) is 11.5 Å². The first kappa shape index (κ1) is 26.5. The molecule has 11 heteroatoms. The van der Waals surface area contributed by atoms with Crippen molar-refractivity contribution >= 4 is 35.1 Å². The second-order valence-corrected chi connectivity index (χ2v) is 9.35. The minimum absolute atomic E-state index is 0.239. The van der Waals surface area contributed by atoms with Crippen molar-refractivity contribution in [1.29, 1.82) is 0 Å². The smallest absolute Gasteiger partial charge is 0.305 e. The fraction of sp³-hybridized carbons (Fsp3) is 0.241. The molecule has 1 atom stereocenters. The number of carboxylic acid groups (broad SMARTS) is 1. The number of nitrogens with one attached hydrogen (secondary N) is 3. The molecule has 2 heterocycles. The number of guanidine groups is 1. The molecule has 0 aromatic heterocycles. The number of amides is 2. The summed E-state index contributed by atoms with van der Waals surface area (Å²) in [4.78, 5) is 44.0. The van der Waals surface area contributed by atoms with Gasteiger partial charge in [0, 0.05) is 35.6 Å². The third-order valence-electron chi connectivity index (χ3n) is 6.82. The van der Waals surface area contributed by atoms with E-state index in [1.54, 1.807) is 60.7 Å². The number of rotatable bonds is 9. The lowest BCUT2D eigenvalue weighted by Gasteiger charge is -2.27. The molecule has 2 aliphatic heterocycles. The van der Waals surface area contributed by atoms with Crippen molar-refractivity contribution in [3.63, 3.8) is 0 Å². The van der Waals surface area contributed by atoms with E-state index in [-0.39, 0.29) is 24.8 Å². The highest BCUT2D eigenvalue weighted by atomic mass is 16.5. The zero-order valence-corrected chi connectivity index (χ0v) is 22.1.